The second-order valence-corrected chi connectivity index (χ2v) is 12.9. The van der Waals surface area contributed by atoms with E-state index in [1.54, 1.807) is 24.7 Å². The molecule has 250 valence electrons. The number of amides is 2. The second kappa shape index (κ2) is 19.1. The van der Waals surface area contributed by atoms with Gasteiger partial charge in [0.2, 0.25) is 11.8 Å². The molecule has 0 spiro atoms. The highest BCUT2D eigenvalue weighted by Gasteiger charge is 2.30. The van der Waals surface area contributed by atoms with Crippen LogP contribution in [0.4, 0.5) is 0 Å². The van der Waals surface area contributed by atoms with Crippen LogP contribution in [0.5, 0.6) is 0 Å². The van der Waals surface area contributed by atoms with Gasteiger partial charge in [-0.15, -0.1) is 5.10 Å². The fraction of sp³-hybridized carbons (Fsp3) is 0.774. The fourth-order valence-electron chi connectivity index (χ4n) is 5.14. The van der Waals surface area contributed by atoms with Gasteiger partial charge in [-0.3, -0.25) is 23.9 Å². The summed E-state index contributed by atoms with van der Waals surface area (Å²) in [7, 11) is 0. The fourth-order valence-corrected chi connectivity index (χ4v) is 5.14. The van der Waals surface area contributed by atoms with Crippen molar-refractivity contribution in [2.45, 2.75) is 125 Å². The third kappa shape index (κ3) is 14.4. The Bertz CT molecular complexity index is 1080. The number of nitrogens with one attached hydrogen (secondary N) is 2. The number of carbonyl (C=O) groups is 5. The van der Waals surface area contributed by atoms with Crippen molar-refractivity contribution < 1.29 is 39.3 Å². The number of aliphatic hydroxyl groups is 1. The molecule has 0 unspecified atom stereocenters. The van der Waals surface area contributed by atoms with Crippen LogP contribution in [0.2, 0.25) is 0 Å². The Morgan fingerprint density at radius 2 is 1.43 bits per heavy atom. The number of carbonyl (C=O) groups excluding carboxylic acids is 3. The molecule has 0 saturated heterocycles. The first-order chi connectivity index (χ1) is 20.5. The number of aromatic nitrogens is 3. The van der Waals surface area contributed by atoms with Crippen molar-refractivity contribution in [3.63, 3.8) is 0 Å². The average molecular weight is 624 g/mol. The molecule has 0 aliphatic rings. The number of aryl methyl sites for hydroxylation is 2. The summed E-state index contributed by atoms with van der Waals surface area (Å²) in [5.41, 5.74) is 0.653. The monoisotopic (exact) mass is 623 g/mol. The van der Waals surface area contributed by atoms with Crippen LogP contribution in [-0.4, -0.2) is 78.0 Å². The first-order valence-electron chi connectivity index (χ1n) is 15.7. The normalized spacial score (nSPS) is 15.1. The topological polar surface area (TPSA) is 201 Å². The van der Waals surface area contributed by atoms with Gasteiger partial charge in [-0.1, -0.05) is 53.2 Å². The lowest BCUT2D eigenvalue weighted by atomic mass is 9.91. The lowest BCUT2D eigenvalue weighted by Crippen LogP contribution is -2.49. The summed E-state index contributed by atoms with van der Waals surface area (Å²) in [5.74, 6) is -4.36. The lowest BCUT2D eigenvalue weighted by molar-refractivity contribution is -0.145. The minimum absolute atomic E-state index is 0.122. The molecule has 0 saturated carbocycles. The van der Waals surface area contributed by atoms with Crippen LogP contribution in [0, 0.1) is 29.6 Å². The summed E-state index contributed by atoms with van der Waals surface area (Å²) in [6.07, 6.45) is 3.90. The van der Waals surface area contributed by atoms with Gasteiger partial charge >= 0.3 is 11.9 Å². The Labute approximate surface area is 260 Å². The van der Waals surface area contributed by atoms with Gasteiger partial charge in [0.15, 0.2) is 11.8 Å². The van der Waals surface area contributed by atoms with Gasteiger partial charge in [-0.25, -0.2) is 4.79 Å². The van der Waals surface area contributed by atoms with E-state index in [4.69, 9.17) is 0 Å². The first kappa shape index (κ1) is 38.7. The van der Waals surface area contributed by atoms with Gasteiger partial charge in [0, 0.05) is 30.5 Å². The number of aliphatic hydroxyl groups excluding tert-OH is 1. The molecule has 13 heteroatoms. The predicted molar refractivity (Wildman–Crippen MR) is 163 cm³/mol. The quantitative estimate of drug-likeness (QED) is 0.120. The van der Waals surface area contributed by atoms with Crippen LogP contribution in [0.25, 0.3) is 0 Å². The number of carboxylic acids is 2. The van der Waals surface area contributed by atoms with Crippen molar-refractivity contribution in [2.24, 2.45) is 29.6 Å². The van der Waals surface area contributed by atoms with Crippen molar-refractivity contribution >= 4 is 29.5 Å². The van der Waals surface area contributed by atoms with E-state index in [9.17, 15) is 39.3 Å². The molecular formula is C31H53N5O8. The maximum atomic E-state index is 13.0. The molecule has 0 aliphatic carbocycles. The number of unbranched alkanes of at least 4 members (excludes halogenated alkanes) is 1. The van der Waals surface area contributed by atoms with E-state index in [-0.39, 0.29) is 41.8 Å². The number of rotatable bonds is 22. The standard InChI is InChI=1S/C31H53N5O8/c1-18(2)14-22(29(41)33-27(21(7)37)31(43)44)10-8-9-13-36-17-24(34-35-36)11-12-25(28(40)20(5)6)32-30(42)23(15-19(3)4)16-26(38)39/h17-23,25,27,37H,8-16H2,1-7H3,(H,32,42)(H,33,41)(H,38,39)(H,43,44)/t21-,22-,23+,25+,27+/m1/s1. The van der Waals surface area contributed by atoms with Crippen LogP contribution in [0.3, 0.4) is 0 Å². The van der Waals surface area contributed by atoms with E-state index < -0.39 is 42.0 Å². The van der Waals surface area contributed by atoms with Crippen LogP contribution in [-0.2, 0) is 36.9 Å². The van der Waals surface area contributed by atoms with E-state index in [0.717, 1.165) is 0 Å². The van der Waals surface area contributed by atoms with Gasteiger partial charge in [0.1, 0.15) is 0 Å². The van der Waals surface area contributed by atoms with E-state index >= 15 is 0 Å². The zero-order valence-corrected chi connectivity index (χ0v) is 27.3. The zero-order valence-electron chi connectivity index (χ0n) is 27.3. The number of hydrogen-bond acceptors (Lipinski definition) is 8. The number of carboxylic acid groups (broad SMARTS) is 2. The summed E-state index contributed by atoms with van der Waals surface area (Å²) in [6.45, 7) is 13.2. The highest BCUT2D eigenvalue weighted by molar-refractivity contribution is 5.91. The highest BCUT2D eigenvalue weighted by Crippen LogP contribution is 2.20. The summed E-state index contributed by atoms with van der Waals surface area (Å²) >= 11 is 0. The highest BCUT2D eigenvalue weighted by atomic mass is 16.4. The van der Waals surface area contributed by atoms with Crippen molar-refractivity contribution in [1.82, 2.24) is 25.6 Å². The number of aliphatic carboxylic acids is 2. The molecule has 1 aromatic rings. The minimum atomic E-state index is -1.36. The molecule has 1 rings (SSSR count). The van der Waals surface area contributed by atoms with Gasteiger partial charge in [-0.2, -0.15) is 0 Å². The zero-order chi connectivity index (χ0) is 33.6. The third-order valence-corrected chi connectivity index (χ3v) is 7.41. The molecule has 5 atom stereocenters. The average Bonchev–Trinajstić information content (AvgIpc) is 3.36. The van der Waals surface area contributed by atoms with Crippen molar-refractivity contribution in [1.29, 1.82) is 0 Å². The van der Waals surface area contributed by atoms with Crippen LogP contribution in [0.15, 0.2) is 6.20 Å². The molecule has 2 amide bonds. The molecule has 0 aliphatic heterocycles. The molecule has 5 N–H and O–H groups in total. The van der Waals surface area contributed by atoms with Gasteiger partial charge < -0.3 is 26.0 Å². The first-order valence-corrected chi connectivity index (χ1v) is 15.7. The Hall–Kier alpha value is -3.35. The van der Waals surface area contributed by atoms with Crippen molar-refractivity contribution in [2.75, 3.05) is 0 Å². The molecule has 13 nitrogen and oxygen atoms in total. The Kier molecular flexibility index (Phi) is 16.8. The van der Waals surface area contributed by atoms with E-state index in [1.165, 1.54) is 6.92 Å². The van der Waals surface area contributed by atoms with Crippen molar-refractivity contribution in [3.05, 3.63) is 11.9 Å². The Balaban J connectivity index is 2.75. The summed E-state index contributed by atoms with van der Waals surface area (Å²) in [5, 5.41) is 41.9. The summed E-state index contributed by atoms with van der Waals surface area (Å²) < 4.78 is 1.68. The SMILES string of the molecule is CC(C)C[C@@H](CC(=O)O)C(=O)N[C@@H](CCc1cn(CCCC[C@H](CC(C)C)C(=O)N[C@H](C(=O)O)[C@@H](C)O)nn1)C(=O)C(C)C. The second-order valence-electron chi connectivity index (χ2n) is 12.9. The minimum Gasteiger partial charge on any atom is -0.481 e. The molecule has 0 bridgehead atoms. The Morgan fingerprint density at radius 3 is 1.95 bits per heavy atom. The maximum Gasteiger partial charge on any atom is 0.328 e. The molecule has 0 aromatic carbocycles. The van der Waals surface area contributed by atoms with Crippen molar-refractivity contribution in [3.8, 4) is 0 Å². The van der Waals surface area contributed by atoms with Gasteiger partial charge in [-0.05, 0) is 57.3 Å². The van der Waals surface area contributed by atoms with E-state index in [0.29, 0.717) is 57.2 Å². The smallest absolute Gasteiger partial charge is 0.328 e. The van der Waals surface area contributed by atoms with Crippen LogP contribution in [0.1, 0.15) is 99.1 Å². The molecule has 44 heavy (non-hydrogen) atoms. The summed E-state index contributed by atoms with van der Waals surface area (Å²) in [6, 6.07) is -2.13. The largest absolute Gasteiger partial charge is 0.481 e. The van der Waals surface area contributed by atoms with E-state index in [2.05, 4.69) is 20.9 Å². The van der Waals surface area contributed by atoms with E-state index in [1.807, 2.05) is 27.7 Å². The molecule has 1 aromatic heterocycles. The van der Waals surface area contributed by atoms with Crippen LogP contribution >= 0.6 is 0 Å². The molecule has 1 heterocycles. The Morgan fingerprint density at radius 1 is 0.841 bits per heavy atom. The molecular weight excluding hydrogens is 570 g/mol. The molecule has 0 fully saturated rings. The number of ketones is 1. The number of Topliss-reactive ketones (excluding diaryl/α,β-unsaturated/α-hetero) is 1. The van der Waals surface area contributed by atoms with Gasteiger partial charge in [0.25, 0.3) is 0 Å². The number of nitrogens with zero attached hydrogens (tertiary/aromatic N) is 3. The summed E-state index contributed by atoms with van der Waals surface area (Å²) in [4.78, 5) is 61.3. The lowest BCUT2D eigenvalue weighted by Gasteiger charge is -2.23. The third-order valence-electron chi connectivity index (χ3n) is 7.41. The molecule has 0 radical (unpaired) electrons. The van der Waals surface area contributed by atoms with Gasteiger partial charge in [0.05, 0.1) is 24.3 Å². The van der Waals surface area contributed by atoms with Crippen LogP contribution < -0.4 is 10.6 Å². The predicted octanol–water partition coefficient (Wildman–Crippen LogP) is 2.84. The number of hydrogen-bond donors (Lipinski definition) is 5. The maximum absolute atomic E-state index is 13.0.